The lowest BCUT2D eigenvalue weighted by Crippen LogP contribution is -2.43. The van der Waals surface area contributed by atoms with Crippen molar-refractivity contribution in [2.75, 3.05) is 12.3 Å². The molecule has 0 aliphatic carbocycles. The smallest absolute Gasteiger partial charge is 0.332 e. The summed E-state index contributed by atoms with van der Waals surface area (Å²) in [6.45, 7) is 2.68. The molecule has 0 radical (unpaired) electrons. The van der Waals surface area contributed by atoms with Crippen LogP contribution in [0.4, 0.5) is 5.82 Å². The van der Waals surface area contributed by atoms with Gasteiger partial charge in [0.1, 0.15) is 17.4 Å². The second kappa shape index (κ2) is 9.68. The number of anilines is 1. The summed E-state index contributed by atoms with van der Waals surface area (Å²) in [5, 5.41) is 2.46. The molecule has 2 rings (SSSR count). The minimum absolute atomic E-state index is 0.224. The third-order valence-electron chi connectivity index (χ3n) is 4.39. The van der Waals surface area contributed by atoms with E-state index in [0.717, 1.165) is 9.13 Å². The molecule has 10 nitrogen and oxygen atoms in total. The number of nitrogens with two attached hydrogens (primary N) is 1. The normalized spacial score (nSPS) is 11.6. The number of Topliss-reactive ketones (excluding diaryl/α,β-unsaturated/α-hetero) is 1. The van der Waals surface area contributed by atoms with Crippen LogP contribution in [0.2, 0.25) is 0 Å². The van der Waals surface area contributed by atoms with Crippen molar-refractivity contribution >= 4 is 23.5 Å². The SMILES string of the molecule is CCCn1c(N)c(C(=O)COC(=O)[C@H](C)NC(=O)c2ccccc2)c(=O)n(C)c1=O. The van der Waals surface area contributed by atoms with Crippen LogP contribution in [-0.2, 0) is 23.1 Å². The van der Waals surface area contributed by atoms with E-state index in [4.69, 9.17) is 10.5 Å². The van der Waals surface area contributed by atoms with Crippen LogP contribution < -0.4 is 22.3 Å². The zero-order valence-corrected chi connectivity index (χ0v) is 17.0. The van der Waals surface area contributed by atoms with Gasteiger partial charge in [0.05, 0.1) is 0 Å². The van der Waals surface area contributed by atoms with E-state index in [1.807, 2.05) is 6.92 Å². The third-order valence-corrected chi connectivity index (χ3v) is 4.39. The van der Waals surface area contributed by atoms with E-state index in [1.54, 1.807) is 30.3 Å². The van der Waals surface area contributed by atoms with Gasteiger partial charge in [0, 0.05) is 19.2 Å². The number of rotatable bonds is 8. The second-order valence-electron chi connectivity index (χ2n) is 6.65. The van der Waals surface area contributed by atoms with Gasteiger partial charge in [-0.1, -0.05) is 25.1 Å². The van der Waals surface area contributed by atoms with Crippen LogP contribution >= 0.6 is 0 Å². The average molecular weight is 416 g/mol. The van der Waals surface area contributed by atoms with Gasteiger partial charge in [0.2, 0.25) is 5.78 Å². The first-order valence-electron chi connectivity index (χ1n) is 9.34. The number of nitrogen functional groups attached to an aromatic ring is 1. The van der Waals surface area contributed by atoms with E-state index in [-0.39, 0.29) is 12.4 Å². The Morgan fingerprint density at radius 1 is 1.17 bits per heavy atom. The number of hydrogen-bond donors (Lipinski definition) is 2. The molecular weight excluding hydrogens is 392 g/mol. The number of carbonyl (C=O) groups excluding carboxylic acids is 3. The number of nitrogens with zero attached hydrogens (tertiary/aromatic N) is 2. The second-order valence-corrected chi connectivity index (χ2v) is 6.65. The van der Waals surface area contributed by atoms with Crippen molar-refractivity contribution in [2.45, 2.75) is 32.9 Å². The first-order valence-corrected chi connectivity index (χ1v) is 9.34. The quantitative estimate of drug-likeness (QED) is 0.458. The number of benzene rings is 1. The third kappa shape index (κ3) is 4.83. The number of esters is 1. The van der Waals surface area contributed by atoms with Crippen molar-refractivity contribution in [3.8, 4) is 0 Å². The van der Waals surface area contributed by atoms with E-state index in [1.165, 1.54) is 14.0 Å². The summed E-state index contributed by atoms with van der Waals surface area (Å²) in [4.78, 5) is 61.2. The zero-order chi connectivity index (χ0) is 22.4. The predicted octanol–water partition coefficient (Wildman–Crippen LogP) is 0.0836. The van der Waals surface area contributed by atoms with Gasteiger partial charge in [-0.3, -0.25) is 23.5 Å². The minimum atomic E-state index is -1.03. The van der Waals surface area contributed by atoms with E-state index in [0.29, 0.717) is 12.0 Å². The monoisotopic (exact) mass is 416 g/mol. The standard InChI is InChI=1S/C20H24N4O6/c1-4-10-24-16(21)15(18(27)23(3)20(24)29)14(25)11-30-19(28)12(2)22-17(26)13-8-6-5-7-9-13/h5-9,12H,4,10-11,21H2,1-3H3,(H,22,26)/t12-/m0/s1. The van der Waals surface area contributed by atoms with Gasteiger partial charge in [0.15, 0.2) is 6.61 Å². The van der Waals surface area contributed by atoms with E-state index in [2.05, 4.69) is 5.32 Å². The Labute approximate surface area is 172 Å². The highest BCUT2D eigenvalue weighted by Gasteiger charge is 2.24. The highest BCUT2D eigenvalue weighted by molar-refractivity contribution is 6.02. The first-order chi connectivity index (χ1) is 14.2. The van der Waals surface area contributed by atoms with Crippen LogP contribution in [0.1, 0.15) is 41.0 Å². The maximum Gasteiger partial charge on any atom is 0.332 e. The van der Waals surface area contributed by atoms with E-state index in [9.17, 15) is 24.0 Å². The molecule has 160 valence electrons. The highest BCUT2D eigenvalue weighted by atomic mass is 16.5. The summed E-state index contributed by atoms with van der Waals surface area (Å²) >= 11 is 0. The highest BCUT2D eigenvalue weighted by Crippen LogP contribution is 2.07. The summed E-state index contributed by atoms with van der Waals surface area (Å²) in [6, 6.07) is 7.25. The van der Waals surface area contributed by atoms with Crippen LogP contribution in [0.5, 0.6) is 0 Å². The fourth-order valence-corrected chi connectivity index (χ4v) is 2.75. The van der Waals surface area contributed by atoms with E-state index < -0.39 is 47.1 Å². The summed E-state index contributed by atoms with van der Waals surface area (Å²) < 4.78 is 6.85. The van der Waals surface area contributed by atoms with Crippen LogP contribution in [0.25, 0.3) is 0 Å². The molecule has 0 aliphatic rings. The molecule has 30 heavy (non-hydrogen) atoms. The molecule has 0 saturated carbocycles. The number of nitrogens with one attached hydrogen (secondary N) is 1. The number of ketones is 1. The molecule has 0 unspecified atom stereocenters. The van der Waals surface area contributed by atoms with Crippen molar-refractivity contribution in [1.82, 2.24) is 14.5 Å². The Balaban J connectivity index is 2.10. The Bertz CT molecular complexity index is 1070. The molecule has 0 spiro atoms. The van der Waals surface area contributed by atoms with Crippen LogP contribution in [0.15, 0.2) is 39.9 Å². The average Bonchev–Trinajstić information content (AvgIpc) is 2.74. The number of ether oxygens (including phenoxy) is 1. The molecule has 1 heterocycles. The molecule has 1 aromatic heterocycles. The lowest BCUT2D eigenvalue weighted by molar-refractivity contribution is -0.144. The first kappa shape index (κ1) is 22.6. The van der Waals surface area contributed by atoms with Crippen LogP contribution in [-0.4, -0.2) is 39.4 Å². The Kier molecular flexibility index (Phi) is 7.29. The van der Waals surface area contributed by atoms with Crippen LogP contribution in [0, 0.1) is 0 Å². The fraction of sp³-hybridized carbons (Fsp3) is 0.350. The van der Waals surface area contributed by atoms with Gasteiger partial charge in [-0.05, 0) is 25.5 Å². The molecule has 2 aromatic rings. The molecule has 0 saturated heterocycles. The van der Waals surface area contributed by atoms with Gasteiger partial charge in [0.25, 0.3) is 11.5 Å². The molecule has 1 aromatic carbocycles. The van der Waals surface area contributed by atoms with Crippen molar-refractivity contribution in [3.05, 3.63) is 62.3 Å². The topological polar surface area (TPSA) is 142 Å². The molecular formula is C20H24N4O6. The Morgan fingerprint density at radius 3 is 2.40 bits per heavy atom. The van der Waals surface area contributed by atoms with Crippen molar-refractivity contribution in [1.29, 1.82) is 0 Å². The largest absolute Gasteiger partial charge is 0.456 e. The van der Waals surface area contributed by atoms with Gasteiger partial charge in [-0.25, -0.2) is 9.59 Å². The van der Waals surface area contributed by atoms with Gasteiger partial charge in [-0.2, -0.15) is 0 Å². The molecule has 10 heteroatoms. The maximum atomic E-state index is 12.5. The minimum Gasteiger partial charge on any atom is -0.456 e. The van der Waals surface area contributed by atoms with Gasteiger partial charge in [-0.15, -0.1) is 0 Å². The summed E-state index contributed by atoms with van der Waals surface area (Å²) in [5.41, 5.74) is 4.32. The van der Waals surface area contributed by atoms with Crippen LogP contribution in [0.3, 0.4) is 0 Å². The Hall–Kier alpha value is -3.69. The van der Waals surface area contributed by atoms with Crippen molar-refractivity contribution in [3.63, 3.8) is 0 Å². The van der Waals surface area contributed by atoms with Gasteiger partial charge < -0.3 is 15.8 Å². The molecule has 0 bridgehead atoms. The lowest BCUT2D eigenvalue weighted by Gasteiger charge is -2.15. The summed E-state index contributed by atoms with van der Waals surface area (Å²) in [7, 11) is 1.24. The number of carbonyl (C=O) groups is 3. The van der Waals surface area contributed by atoms with Crippen molar-refractivity contribution in [2.24, 2.45) is 7.05 Å². The maximum absolute atomic E-state index is 12.5. The summed E-state index contributed by atoms with van der Waals surface area (Å²) in [5.74, 6) is -2.44. The lowest BCUT2D eigenvalue weighted by atomic mass is 10.2. The molecule has 3 N–H and O–H groups in total. The van der Waals surface area contributed by atoms with E-state index >= 15 is 0 Å². The number of hydrogen-bond acceptors (Lipinski definition) is 7. The van der Waals surface area contributed by atoms with Gasteiger partial charge >= 0.3 is 11.7 Å². The number of amides is 1. The van der Waals surface area contributed by atoms with Crippen molar-refractivity contribution < 1.29 is 19.1 Å². The Morgan fingerprint density at radius 2 is 1.80 bits per heavy atom. The fourth-order valence-electron chi connectivity index (χ4n) is 2.75. The summed E-state index contributed by atoms with van der Waals surface area (Å²) in [6.07, 6.45) is 0.559. The molecule has 1 amide bonds. The zero-order valence-electron chi connectivity index (χ0n) is 17.0. The molecule has 0 aliphatic heterocycles. The molecule has 0 fully saturated rings. The number of aromatic nitrogens is 2. The predicted molar refractivity (Wildman–Crippen MR) is 109 cm³/mol. The molecule has 1 atom stereocenters.